The number of aliphatic hydroxyl groups excluding tert-OH is 1. The molecule has 0 aliphatic carbocycles. The molecule has 0 unspecified atom stereocenters. The Morgan fingerprint density at radius 2 is 2.00 bits per heavy atom. The first kappa shape index (κ1) is 15.2. The molecule has 18 heavy (non-hydrogen) atoms. The van der Waals surface area contributed by atoms with Crippen molar-refractivity contribution >= 4 is 23.3 Å². The number of ether oxygens (including phenoxy) is 1. The number of hydrogen-bond acceptors (Lipinski definition) is 4. The minimum absolute atomic E-state index is 0.264. The van der Waals surface area contributed by atoms with E-state index in [1.54, 1.807) is 4.90 Å². The molecule has 0 bridgehead atoms. The van der Waals surface area contributed by atoms with Crippen LogP contribution >= 0.6 is 12.2 Å². The van der Waals surface area contributed by atoms with E-state index < -0.39 is 17.8 Å². The Labute approximate surface area is 114 Å². The number of amides is 1. The first-order valence-electron chi connectivity index (χ1n) is 6.00. The summed E-state index contributed by atoms with van der Waals surface area (Å²) in [6.45, 7) is 5.72. The highest BCUT2D eigenvalue weighted by Gasteiger charge is 2.39. The molecule has 2 atom stereocenters. The van der Waals surface area contributed by atoms with E-state index in [1.807, 2.05) is 34.9 Å². The maximum atomic E-state index is 12.1. The zero-order valence-corrected chi connectivity index (χ0v) is 12.5. The van der Waals surface area contributed by atoms with Gasteiger partial charge in [0.05, 0.1) is 18.7 Å². The second-order valence-electron chi connectivity index (χ2n) is 5.77. The van der Waals surface area contributed by atoms with Gasteiger partial charge in [0, 0.05) is 20.5 Å². The molecular weight excluding hydrogens is 252 g/mol. The van der Waals surface area contributed by atoms with Gasteiger partial charge in [-0.25, -0.2) is 4.79 Å². The van der Waals surface area contributed by atoms with Crippen molar-refractivity contribution in [2.45, 2.75) is 44.9 Å². The minimum Gasteiger partial charge on any atom is -0.444 e. The molecule has 0 spiro atoms. The molecule has 1 aliphatic rings. The fraction of sp³-hybridized carbons (Fsp3) is 0.833. The van der Waals surface area contributed by atoms with Crippen LogP contribution in [0.1, 0.15) is 27.2 Å². The Kier molecular flexibility index (Phi) is 4.55. The van der Waals surface area contributed by atoms with Crippen LogP contribution in [-0.2, 0) is 4.74 Å². The summed E-state index contributed by atoms with van der Waals surface area (Å²) in [7, 11) is 3.67. The molecule has 0 aromatic rings. The number of carbonyl (C=O) groups excluding carboxylic acids is 1. The molecule has 1 fully saturated rings. The standard InChI is InChI=1S/C12H22N2O3S/c1-12(2,3)17-11(16)14-7-8(15)6-9(14)10(18)13(4)5/h8-9,15H,6-7H2,1-5H3/t8-,9+/m1/s1. The molecule has 1 rings (SSSR count). The second kappa shape index (κ2) is 5.40. The summed E-state index contributed by atoms with van der Waals surface area (Å²) in [5.41, 5.74) is -0.547. The van der Waals surface area contributed by atoms with E-state index >= 15 is 0 Å². The third kappa shape index (κ3) is 3.81. The fourth-order valence-electron chi connectivity index (χ4n) is 1.87. The Balaban J connectivity index is 2.79. The second-order valence-corrected chi connectivity index (χ2v) is 6.19. The van der Waals surface area contributed by atoms with Crippen molar-refractivity contribution in [3.05, 3.63) is 0 Å². The molecule has 1 aliphatic heterocycles. The zero-order chi connectivity index (χ0) is 14.1. The predicted molar refractivity (Wildman–Crippen MR) is 73.6 cm³/mol. The summed E-state index contributed by atoms with van der Waals surface area (Å²) in [6.07, 6.45) is -0.496. The van der Waals surface area contributed by atoms with E-state index in [4.69, 9.17) is 17.0 Å². The molecule has 1 heterocycles. The van der Waals surface area contributed by atoms with E-state index in [9.17, 15) is 9.90 Å². The lowest BCUT2D eigenvalue weighted by atomic mass is 10.2. The Morgan fingerprint density at radius 3 is 2.44 bits per heavy atom. The van der Waals surface area contributed by atoms with Crippen molar-refractivity contribution in [3.8, 4) is 0 Å². The quantitative estimate of drug-likeness (QED) is 0.729. The fourth-order valence-corrected chi connectivity index (χ4v) is 2.09. The van der Waals surface area contributed by atoms with Crippen molar-refractivity contribution in [2.24, 2.45) is 0 Å². The van der Waals surface area contributed by atoms with E-state index in [2.05, 4.69) is 0 Å². The average molecular weight is 274 g/mol. The van der Waals surface area contributed by atoms with Gasteiger partial charge >= 0.3 is 6.09 Å². The Hall–Kier alpha value is -0.880. The average Bonchev–Trinajstić information content (AvgIpc) is 2.56. The van der Waals surface area contributed by atoms with E-state index in [1.165, 1.54) is 4.90 Å². The third-order valence-corrected chi connectivity index (χ3v) is 3.27. The summed E-state index contributed by atoms with van der Waals surface area (Å²) < 4.78 is 5.33. The molecule has 5 nitrogen and oxygen atoms in total. The number of β-amino-alcohol motifs (C(OH)–C–C–N with tert-alkyl or cyclic N) is 1. The third-order valence-electron chi connectivity index (χ3n) is 2.63. The van der Waals surface area contributed by atoms with Crippen LogP contribution in [-0.4, -0.2) is 64.4 Å². The van der Waals surface area contributed by atoms with Crippen LogP contribution in [0.2, 0.25) is 0 Å². The van der Waals surface area contributed by atoms with Crippen LogP contribution in [0.3, 0.4) is 0 Å². The number of aliphatic hydroxyl groups is 1. The Bertz CT molecular complexity index is 339. The van der Waals surface area contributed by atoms with Crippen LogP contribution < -0.4 is 0 Å². The highest BCUT2D eigenvalue weighted by molar-refractivity contribution is 7.80. The number of nitrogens with zero attached hydrogens (tertiary/aromatic N) is 2. The largest absolute Gasteiger partial charge is 0.444 e. The molecule has 104 valence electrons. The number of hydrogen-bond donors (Lipinski definition) is 1. The maximum absolute atomic E-state index is 12.1. The molecule has 1 saturated heterocycles. The summed E-state index contributed by atoms with van der Waals surface area (Å²) in [6, 6.07) is -0.264. The molecule has 0 radical (unpaired) electrons. The molecular formula is C12H22N2O3S. The lowest BCUT2D eigenvalue weighted by Crippen LogP contribution is -2.46. The highest BCUT2D eigenvalue weighted by Crippen LogP contribution is 2.23. The SMILES string of the molecule is CN(C)C(=S)[C@@H]1C[C@@H](O)CN1C(=O)OC(C)(C)C. The van der Waals surface area contributed by atoms with E-state index in [0.717, 1.165) is 0 Å². The number of likely N-dealkylation sites (tertiary alicyclic amines) is 1. The zero-order valence-electron chi connectivity index (χ0n) is 11.6. The normalized spacial score (nSPS) is 24.0. The van der Waals surface area contributed by atoms with E-state index in [0.29, 0.717) is 11.4 Å². The topological polar surface area (TPSA) is 53.0 Å². The number of carbonyl (C=O) groups is 1. The molecule has 0 aromatic carbocycles. The predicted octanol–water partition coefficient (Wildman–Crippen LogP) is 1.25. The smallest absolute Gasteiger partial charge is 0.410 e. The minimum atomic E-state index is -0.547. The van der Waals surface area contributed by atoms with Gasteiger partial charge in [-0.2, -0.15) is 0 Å². The summed E-state index contributed by atoms with van der Waals surface area (Å²) in [5.74, 6) is 0. The number of thiocarbonyl (C=S) groups is 1. The first-order valence-corrected chi connectivity index (χ1v) is 6.41. The van der Waals surface area contributed by atoms with Gasteiger partial charge in [0.2, 0.25) is 0 Å². The molecule has 0 aromatic heterocycles. The van der Waals surface area contributed by atoms with Crippen LogP contribution in [0.4, 0.5) is 4.79 Å². The lowest BCUT2D eigenvalue weighted by molar-refractivity contribution is 0.0241. The van der Waals surface area contributed by atoms with Crippen LogP contribution in [0, 0.1) is 0 Å². The molecule has 0 saturated carbocycles. The van der Waals surface area contributed by atoms with Crippen molar-refractivity contribution < 1.29 is 14.6 Å². The van der Waals surface area contributed by atoms with Crippen molar-refractivity contribution in [1.29, 1.82) is 0 Å². The van der Waals surface area contributed by atoms with Gasteiger partial charge in [0.1, 0.15) is 10.6 Å². The lowest BCUT2D eigenvalue weighted by Gasteiger charge is -2.30. The van der Waals surface area contributed by atoms with Crippen molar-refractivity contribution in [1.82, 2.24) is 9.80 Å². The maximum Gasteiger partial charge on any atom is 0.410 e. The monoisotopic (exact) mass is 274 g/mol. The molecule has 1 N–H and O–H groups in total. The number of rotatable bonds is 1. The van der Waals surface area contributed by atoms with E-state index in [-0.39, 0.29) is 12.6 Å². The van der Waals surface area contributed by atoms with Crippen LogP contribution in [0.15, 0.2) is 0 Å². The van der Waals surface area contributed by atoms with Crippen molar-refractivity contribution in [3.63, 3.8) is 0 Å². The van der Waals surface area contributed by atoms with Crippen LogP contribution in [0.5, 0.6) is 0 Å². The summed E-state index contributed by atoms with van der Waals surface area (Å²) >= 11 is 5.29. The van der Waals surface area contributed by atoms with Crippen molar-refractivity contribution in [2.75, 3.05) is 20.6 Å². The van der Waals surface area contributed by atoms with Gasteiger partial charge < -0.3 is 14.7 Å². The first-order chi connectivity index (χ1) is 8.11. The van der Waals surface area contributed by atoms with Gasteiger partial charge in [-0.3, -0.25) is 4.90 Å². The molecule has 6 heteroatoms. The van der Waals surface area contributed by atoms with Gasteiger partial charge in [-0.15, -0.1) is 0 Å². The van der Waals surface area contributed by atoms with Gasteiger partial charge in [-0.1, -0.05) is 12.2 Å². The van der Waals surface area contributed by atoms with Gasteiger partial charge in [0.15, 0.2) is 0 Å². The van der Waals surface area contributed by atoms with Crippen LogP contribution in [0.25, 0.3) is 0 Å². The highest BCUT2D eigenvalue weighted by atomic mass is 32.1. The molecule has 1 amide bonds. The summed E-state index contributed by atoms with van der Waals surface area (Å²) in [5, 5.41) is 9.72. The van der Waals surface area contributed by atoms with Gasteiger partial charge in [0.25, 0.3) is 0 Å². The number of likely N-dealkylation sites (N-methyl/N-ethyl adjacent to an activating group) is 1. The van der Waals surface area contributed by atoms with Gasteiger partial charge in [-0.05, 0) is 20.8 Å². The Morgan fingerprint density at radius 1 is 1.44 bits per heavy atom. The summed E-state index contributed by atoms with van der Waals surface area (Å²) in [4.78, 5) is 16.0.